The Morgan fingerprint density at radius 1 is 1.42 bits per heavy atom. The van der Waals surface area contributed by atoms with Crippen molar-refractivity contribution in [3.8, 4) is 0 Å². The number of ether oxygens (including phenoxy) is 1. The second-order valence-corrected chi connectivity index (χ2v) is 3.96. The van der Waals surface area contributed by atoms with E-state index in [2.05, 4.69) is 4.90 Å². The summed E-state index contributed by atoms with van der Waals surface area (Å²) in [5.74, 6) is 0.756. The Hall–Kier alpha value is -0.120. The predicted molar refractivity (Wildman–Crippen MR) is 48.0 cm³/mol. The zero-order valence-corrected chi connectivity index (χ0v) is 7.54. The van der Waals surface area contributed by atoms with E-state index in [1.54, 1.807) is 0 Å². The highest BCUT2D eigenvalue weighted by Gasteiger charge is 2.28. The van der Waals surface area contributed by atoms with Crippen LogP contribution in [0.4, 0.5) is 0 Å². The minimum absolute atomic E-state index is 0.517. The summed E-state index contributed by atoms with van der Waals surface area (Å²) in [7, 11) is 0. The molecule has 70 valence electrons. The van der Waals surface area contributed by atoms with Gasteiger partial charge in [-0.05, 0) is 25.3 Å². The van der Waals surface area contributed by atoms with E-state index < -0.39 is 0 Å². The van der Waals surface area contributed by atoms with Crippen LogP contribution in [0.3, 0.4) is 0 Å². The summed E-state index contributed by atoms with van der Waals surface area (Å²) < 4.78 is 5.56. The van der Waals surface area contributed by atoms with E-state index in [9.17, 15) is 0 Å². The van der Waals surface area contributed by atoms with Gasteiger partial charge < -0.3 is 15.4 Å². The number of nitrogens with zero attached hydrogens (tertiary/aromatic N) is 1. The van der Waals surface area contributed by atoms with Gasteiger partial charge in [0.2, 0.25) is 0 Å². The molecule has 2 rings (SSSR count). The minimum atomic E-state index is 0.517. The van der Waals surface area contributed by atoms with E-state index in [0.717, 1.165) is 25.6 Å². The van der Waals surface area contributed by atoms with Crippen molar-refractivity contribution >= 4 is 0 Å². The van der Waals surface area contributed by atoms with Gasteiger partial charge in [0, 0.05) is 26.2 Å². The highest BCUT2D eigenvalue weighted by Crippen LogP contribution is 2.19. The maximum absolute atomic E-state index is 5.56. The molecule has 2 saturated heterocycles. The lowest BCUT2D eigenvalue weighted by molar-refractivity contribution is 0.0265. The molecule has 0 aromatic rings. The molecule has 2 heterocycles. The second-order valence-electron chi connectivity index (χ2n) is 3.96. The Morgan fingerprint density at radius 3 is 2.83 bits per heavy atom. The first-order chi connectivity index (χ1) is 5.88. The lowest BCUT2D eigenvalue weighted by Gasteiger charge is -2.39. The molecule has 3 heteroatoms. The van der Waals surface area contributed by atoms with Crippen molar-refractivity contribution in [2.24, 2.45) is 11.7 Å². The molecule has 2 aliphatic heterocycles. The topological polar surface area (TPSA) is 38.5 Å². The predicted octanol–water partition coefficient (Wildman–Crippen LogP) is 0.0559. The summed E-state index contributed by atoms with van der Waals surface area (Å²) in [6.07, 6.45) is 3.02. The molecule has 0 bridgehead atoms. The highest BCUT2D eigenvalue weighted by molar-refractivity contribution is 4.83. The fourth-order valence-corrected chi connectivity index (χ4v) is 2.05. The van der Waals surface area contributed by atoms with Gasteiger partial charge in [-0.25, -0.2) is 0 Å². The first-order valence-electron chi connectivity index (χ1n) is 4.92. The Balaban J connectivity index is 1.62. The summed E-state index contributed by atoms with van der Waals surface area (Å²) in [4.78, 5) is 2.45. The van der Waals surface area contributed by atoms with E-state index in [0.29, 0.717) is 6.10 Å². The van der Waals surface area contributed by atoms with Gasteiger partial charge in [0.05, 0.1) is 6.10 Å². The van der Waals surface area contributed by atoms with Crippen LogP contribution in [-0.2, 0) is 4.74 Å². The fourth-order valence-electron chi connectivity index (χ4n) is 2.05. The molecular formula is C9H18N2O. The Labute approximate surface area is 73.9 Å². The number of nitrogens with two attached hydrogens (primary N) is 1. The zero-order chi connectivity index (χ0) is 8.39. The summed E-state index contributed by atoms with van der Waals surface area (Å²) >= 11 is 0. The zero-order valence-electron chi connectivity index (χ0n) is 7.54. The van der Waals surface area contributed by atoms with E-state index in [4.69, 9.17) is 10.5 Å². The molecule has 0 aliphatic carbocycles. The molecule has 1 unspecified atom stereocenters. The van der Waals surface area contributed by atoms with Gasteiger partial charge in [0.25, 0.3) is 0 Å². The molecular weight excluding hydrogens is 152 g/mol. The van der Waals surface area contributed by atoms with Gasteiger partial charge in [0.15, 0.2) is 0 Å². The van der Waals surface area contributed by atoms with Crippen LogP contribution in [0.2, 0.25) is 0 Å². The molecule has 1 atom stereocenters. The average molecular weight is 170 g/mol. The molecule has 0 saturated carbocycles. The molecule has 0 spiro atoms. The van der Waals surface area contributed by atoms with Crippen LogP contribution in [0.25, 0.3) is 0 Å². The van der Waals surface area contributed by atoms with Gasteiger partial charge in [-0.1, -0.05) is 0 Å². The van der Waals surface area contributed by atoms with E-state index in [1.807, 2.05) is 0 Å². The van der Waals surface area contributed by atoms with Crippen LogP contribution in [0.5, 0.6) is 0 Å². The number of likely N-dealkylation sites (tertiary alicyclic amines) is 1. The lowest BCUT2D eigenvalue weighted by atomic mass is 10.00. The van der Waals surface area contributed by atoms with Crippen molar-refractivity contribution in [1.29, 1.82) is 0 Å². The van der Waals surface area contributed by atoms with Crippen molar-refractivity contribution < 1.29 is 4.74 Å². The summed E-state index contributed by atoms with van der Waals surface area (Å²) in [5.41, 5.74) is 5.55. The summed E-state index contributed by atoms with van der Waals surface area (Å²) in [5, 5.41) is 0. The van der Waals surface area contributed by atoms with Crippen molar-refractivity contribution in [2.45, 2.75) is 18.9 Å². The van der Waals surface area contributed by atoms with Crippen LogP contribution >= 0.6 is 0 Å². The van der Waals surface area contributed by atoms with E-state index in [1.165, 1.54) is 25.9 Å². The highest BCUT2D eigenvalue weighted by atomic mass is 16.5. The van der Waals surface area contributed by atoms with Gasteiger partial charge in [-0.3, -0.25) is 0 Å². The maximum atomic E-state index is 5.56. The average Bonchev–Trinajstić information content (AvgIpc) is 2.47. The molecule has 0 radical (unpaired) electrons. The molecule has 2 fully saturated rings. The van der Waals surface area contributed by atoms with Gasteiger partial charge >= 0.3 is 0 Å². The fraction of sp³-hybridized carbons (Fsp3) is 1.00. The summed E-state index contributed by atoms with van der Waals surface area (Å²) in [6.45, 7) is 5.34. The van der Waals surface area contributed by atoms with Gasteiger partial charge in [-0.15, -0.1) is 0 Å². The standard InChI is InChI=1S/C9H18N2O/c10-4-8-5-11(6-8)7-9-2-1-3-12-9/h8-9H,1-7,10H2. The second kappa shape index (κ2) is 3.73. The van der Waals surface area contributed by atoms with Crippen LogP contribution in [-0.4, -0.2) is 43.8 Å². The first kappa shape index (κ1) is 8.48. The molecule has 2 N–H and O–H groups in total. The minimum Gasteiger partial charge on any atom is -0.377 e. The summed E-state index contributed by atoms with van der Waals surface area (Å²) in [6, 6.07) is 0. The third kappa shape index (κ3) is 1.79. The van der Waals surface area contributed by atoms with Crippen molar-refractivity contribution in [3.05, 3.63) is 0 Å². The molecule has 0 aromatic heterocycles. The maximum Gasteiger partial charge on any atom is 0.0702 e. The van der Waals surface area contributed by atoms with Crippen molar-refractivity contribution in [1.82, 2.24) is 4.90 Å². The van der Waals surface area contributed by atoms with Gasteiger partial charge in [0.1, 0.15) is 0 Å². The van der Waals surface area contributed by atoms with Crippen LogP contribution in [0.1, 0.15) is 12.8 Å². The largest absolute Gasteiger partial charge is 0.377 e. The normalized spacial score (nSPS) is 32.2. The number of hydrogen-bond acceptors (Lipinski definition) is 3. The lowest BCUT2D eigenvalue weighted by Crippen LogP contribution is -2.52. The molecule has 12 heavy (non-hydrogen) atoms. The van der Waals surface area contributed by atoms with Gasteiger partial charge in [-0.2, -0.15) is 0 Å². The van der Waals surface area contributed by atoms with Crippen molar-refractivity contribution in [3.63, 3.8) is 0 Å². The Kier molecular flexibility index (Phi) is 2.63. The van der Waals surface area contributed by atoms with Crippen LogP contribution in [0.15, 0.2) is 0 Å². The molecule has 3 nitrogen and oxygen atoms in total. The Morgan fingerprint density at radius 2 is 2.25 bits per heavy atom. The first-order valence-corrected chi connectivity index (χ1v) is 4.92. The smallest absolute Gasteiger partial charge is 0.0702 e. The van der Waals surface area contributed by atoms with E-state index >= 15 is 0 Å². The van der Waals surface area contributed by atoms with Crippen LogP contribution < -0.4 is 5.73 Å². The monoisotopic (exact) mass is 170 g/mol. The Bertz CT molecular complexity index is 139. The molecule has 2 aliphatic rings. The van der Waals surface area contributed by atoms with E-state index in [-0.39, 0.29) is 0 Å². The SMILES string of the molecule is NCC1CN(CC2CCCO2)C1. The molecule has 0 amide bonds. The third-order valence-electron chi connectivity index (χ3n) is 2.85. The molecule has 0 aromatic carbocycles. The number of hydrogen-bond donors (Lipinski definition) is 1. The van der Waals surface area contributed by atoms with Crippen LogP contribution in [0, 0.1) is 5.92 Å². The third-order valence-corrected chi connectivity index (χ3v) is 2.85. The number of rotatable bonds is 3. The van der Waals surface area contributed by atoms with Crippen molar-refractivity contribution in [2.75, 3.05) is 32.8 Å². The quantitative estimate of drug-likeness (QED) is 0.650.